The highest BCUT2D eigenvalue weighted by molar-refractivity contribution is 6.36. The number of halogens is 3. The molecule has 5 nitrogen and oxygen atoms in total. The van der Waals surface area contributed by atoms with Gasteiger partial charge in [-0.1, -0.05) is 23.2 Å². The van der Waals surface area contributed by atoms with Crippen molar-refractivity contribution in [2.24, 2.45) is 0 Å². The molecule has 0 bridgehead atoms. The first-order valence-corrected chi connectivity index (χ1v) is 6.83. The Hall–Kier alpha value is -2.31. The van der Waals surface area contributed by atoms with Gasteiger partial charge in [-0.2, -0.15) is 0 Å². The number of pyridine rings is 1. The van der Waals surface area contributed by atoms with Crippen LogP contribution in [0.5, 0.6) is 0 Å². The van der Waals surface area contributed by atoms with Crippen LogP contribution in [0.3, 0.4) is 0 Å². The van der Waals surface area contributed by atoms with E-state index in [4.69, 9.17) is 23.2 Å². The van der Waals surface area contributed by atoms with Crippen LogP contribution in [-0.4, -0.2) is 20.9 Å². The smallest absolute Gasteiger partial charge is 0.275 e. The number of amides is 1. The summed E-state index contributed by atoms with van der Waals surface area (Å²) in [7, 11) is 0. The van der Waals surface area contributed by atoms with Gasteiger partial charge in [0.25, 0.3) is 5.91 Å². The molecule has 3 aromatic rings. The van der Waals surface area contributed by atoms with Crippen molar-refractivity contribution in [2.75, 3.05) is 5.32 Å². The largest absolute Gasteiger partial charge is 0.319 e. The third-order valence-corrected chi connectivity index (χ3v) is 3.46. The molecule has 0 aliphatic carbocycles. The zero-order valence-corrected chi connectivity index (χ0v) is 12.4. The van der Waals surface area contributed by atoms with E-state index < -0.39 is 11.7 Å². The number of hydrogen-bond donors (Lipinski definition) is 1. The maximum Gasteiger partial charge on any atom is 0.275 e. The van der Waals surface area contributed by atoms with E-state index in [-0.39, 0.29) is 21.6 Å². The topological polar surface area (TPSA) is 67.8 Å². The Balaban J connectivity index is 2.02. The van der Waals surface area contributed by atoms with Gasteiger partial charge in [0.1, 0.15) is 16.7 Å². The average Bonchev–Trinajstić information content (AvgIpc) is 2.53. The average molecular weight is 337 g/mol. The molecule has 0 spiro atoms. The monoisotopic (exact) mass is 336 g/mol. The van der Waals surface area contributed by atoms with E-state index in [1.165, 1.54) is 18.6 Å². The number of nitrogens with one attached hydrogen (secondary N) is 1. The molecule has 0 unspecified atom stereocenters. The Bertz CT molecular complexity index is 871. The number of benzene rings is 1. The molecule has 2 aromatic heterocycles. The van der Waals surface area contributed by atoms with Gasteiger partial charge in [0.15, 0.2) is 0 Å². The van der Waals surface area contributed by atoms with Crippen molar-refractivity contribution in [2.45, 2.75) is 0 Å². The third-order valence-electron chi connectivity index (χ3n) is 2.88. The van der Waals surface area contributed by atoms with E-state index in [2.05, 4.69) is 20.3 Å². The molecular formula is C14H7Cl2FN4O. The van der Waals surface area contributed by atoms with E-state index in [1.807, 2.05) is 0 Å². The van der Waals surface area contributed by atoms with Crippen molar-refractivity contribution in [3.8, 4) is 0 Å². The molecule has 1 aromatic carbocycles. The summed E-state index contributed by atoms with van der Waals surface area (Å²) >= 11 is 11.5. The third kappa shape index (κ3) is 2.70. The molecule has 3 rings (SSSR count). The van der Waals surface area contributed by atoms with Crippen LogP contribution >= 0.6 is 23.2 Å². The van der Waals surface area contributed by atoms with Crippen molar-refractivity contribution < 1.29 is 9.18 Å². The summed E-state index contributed by atoms with van der Waals surface area (Å²) in [5.41, 5.74) is 0.618. The maximum absolute atomic E-state index is 13.9. The Morgan fingerprint density at radius 1 is 1.18 bits per heavy atom. The Labute approximate surface area is 134 Å². The zero-order chi connectivity index (χ0) is 15.7. The minimum Gasteiger partial charge on any atom is -0.319 e. The number of fused-ring (bicyclic) bond motifs is 1. The van der Waals surface area contributed by atoms with E-state index in [9.17, 15) is 9.18 Å². The summed E-state index contributed by atoms with van der Waals surface area (Å²) < 4.78 is 13.9. The van der Waals surface area contributed by atoms with Gasteiger partial charge in [-0.15, -0.1) is 0 Å². The first-order chi connectivity index (χ1) is 10.6. The second-order valence-electron chi connectivity index (χ2n) is 4.30. The van der Waals surface area contributed by atoms with Gasteiger partial charge in [-0.05, 0) is 12.1 Å². The molecule has 8 heteroatoms. The van der Waals surface area contributed by atoms with E-state index in [0.29, 0.717) is 10.9 Å². The normalized spacial score (nSPS) is 10.7. The molecule has 1 N–H and O–H groups in total. The van der Waals surface area contributed by atoms with E-state index >= 15 is 0 Å². The second kappa shape index (κ2) is 5.82. The van der Waals surface area contributed by atoms with Crippen LogP contribution in [0, 0.1) is 5.82 Å². The van der Waals surface area contributed by atoms with Crippen molar-refractivity contribution in [1.29, 1.82) is 0 Å². The molecule has 0 saturated heterocycles. The highest BCUT2D eigenvalue weighted by atomic mass is 35.5. The molecule has 0 radical (unpaired) electrons. The lowest BCUT2D eigenvalue weighted by Gasteiger charge is -2.09. The summed E-state index contributed by atoms with van der Waals surface area (Å²) in [6, 6.07) is 4.36. The number of nitrogens with zero attached hydrogens (tertiary/aromatic N) is 3. The Morgan fingerprint density at radius 2 is 2.00 bits per heavy atom. The fourth-order valence-electron chi connectivity index (χ4n) is 1.90. The molecule has 0 atom stereocenters. The van der Waals surface area contributed by atoms with Gasteiger partial charge in [0.2, 0.25) is 0 Å². The molecule has 110 valence electrons. The molecule has 0 saturated carbocycles. The van der Waals surface area contributed by atoms with Gasteiger partial charge in [-0.25, -0.2) is 14.4 Å². The standard InChI is InChI=1S/C14H7Cl2FN4O/c15-11-6-19-10(5-20-11)14(22)21-9-4-8(17)12(16)7-2-1-3-18-13(7)9/h1-6H,(H,21,22). The van der Waals surface area contributed by atoms with Gasteiger partial charge in [0, 0.05) is 17.6 Å². The molecule has 1 amide bonds. The van der Waals surface area contributed by atoms with Crippen LogP contribution in [0.1, 0.15) is 10.5 Å². The number of anilines is 1. The van der Waals surface area contributed by atoms with Crippen molar-refractivity contribution in [3.63, 3.8) is 0 Å². The van der Waals surface area contributed by atoms with Crippen LogP contribution in [-0.2, 0) is 0 Å². The predicted molar refractivity (Wildman–Crippen MR) is 81.7 cm³/mol. The second-order valence-corrected chi connectivity index (χ2v) is 5.06. The molecule has 0 aliphatic rings. The summed E-state index contributed by atoms with van der Waals surface area (Å²) in [6.45, 7) is 0. The van der Waals surface area contributed by atoms with Crippen molar-refractivity contribution in [3.05, 3.63) is 58.5 Å². The van der Waals surface area contributed by atoms with Crippen LogP contribution in [0.25, 0.3) is 10.9 Å². The molecule has 0 aliphatic heterocycles. The first kappa shape index (κ1) is 14.6. The lowest BCUT2D eigenvalue weighted by Crippen LogP contribution is -2.14. The number of aromatic nitrogens is 3. The van der Waals surface area contributed by atoms with Crippen LogP contribution in [0.4, 0.5) is 10.1 Å². The highest BCUT2D eigenvalue weighted by Gasteiger charge is 2.15. The lowest BCUT2D eigenvalue weighted by atomic mass is 10.1. The summed E-state index contributed by atoms with van der Waals surface area (Å²) in [6.07, 6.45) is 3.99. The lowest BCUT2D eigenvalue weighted by molar-refractivity contribution is 0.102. The van der Waals surface area contributed by atoms with Crippen LogP contribution < -0.4 is 5.32 Å². The fourth-order valence-corrected chi connectivity index (χ4v) is 2.20. The summed E-state index contributed by atoms with van der Waals surface area (Å²) in [5, 5.41) is 3.07. The Morgan fingerprint density at radius 3 is 2.73 bits per heavy atom. The minimum atomic E-state index is -0.653. The SMILES string of the molecule is O=C(Nc1cc(F)c(Cl)c2cccnc12)c1cnc(Cl)cn1. The van der Waals surface area contributed by atoms with Gasteiger partial charge in [-0.3, -0.25) is 9.78 Å². The van der Waals surface area contributed by atoms with Crippen LogP contribution in [0.2, 0.25) is 10.2 Å². The molecule has 22 heavy (non-hydrogen) atoms. The van der Waals surface area contributed by atoms with Gasteiger partial charge >= 0.3 is 0 Å². The summed E-state index contributed by atoms with van der Waals surface area (Å²) in [5.74, 6) is -1.21. The minimum absolute atomic E-state index is 0.0452. The van der Waals surface area contributed by atoms with Gasteiger partial charge < -0.3 is 5.32 Å². The number of rotatable bonds is 2. The van der Waals surface area contributed by atoms with Crippen molar-refractivity contribution in [1.82, 2.24) is 15.0 Å². The van der Waals surface area contributed by atoms with E-state index in [0.717, 1.165) is 6.07 Å². The molecular weight excluding hydrogens is 330 g/mol. The maximum atomic E-state index is 13.9. The quantitative estimate of drug-likeness (QED) is 0.774. The number of hydrogen-bond acceptors (Lipinski definition) is 4. The fraction of sp³-hybridized carbons (Fsp3) is 0. The molecule has 2 heterocycles. The predicted octanol–water partition coefficient (Wildman–Crippen LogP) is 3.72. The first-order valence-electron chi connectivity index (χ1n) is 6.08. The zero-order valence-electron chi connectivity index (χ0n) is 10.8. The highest BCUT2D eigenvalue weighted by Crippen LogP contribution is 2.31. The summed E-state index contributed by atoms with van der Waals surface area (Å²) in [4.78, 5) is 23.9. The van der Waals surface area contributed by atoms with Crippen molar-refractivity contribution >= 4 is 45.7 Å². The van der Waals surface area contributed by atoms with Gasteiger partial charge in [0.05, 0.1) is 28.6 Å². The van der Waals surface area contributed by atoms with E-state index in [1.54, 1.807) is 12.1 Å². The molecule has 0 fully saturated rings. The number of carbonyl (C=O) groups excluding carboxylic acids is 1. The number of carbonyl (C=O) groups is 1. The van der Waals surface area contributed by atoms with Crippen LogP contribution in [0.15, 0.2) is 36.8 Å². The Kier molecular flexibility index (Phi) is 3.87.